The van der Waals surface area contributed by atoms with Gasteiger partial charge in [-0.25, -0.2) is 0 Å². The lowest BCUT2D eigenvalue weighted by atomic mass is 9.96. The predicted octanol–water partition coefficient (Wildman–Crippen LogP) is 3.82. The van der Waals surface area contributed by atoms with E-state index in [1.165, 1.54) is 25.7 Å². The van der Waals surface area contributed by atoms with Gasteiger partial charge >= 0.3 is 0 Å². The number of benzene rings is 1. The number of hydrogen-bond donors (Lipinski definition) is 2. The fourth-order valence-corrected chi connectivity index (χ4v) is 3.78. The van der Waals surface area contributed by atoms with E-state index in [4.69, 9.17) is 23.8 Å². The van der Waals surface area contributed by atoms with Crippen LogP contribution in [-0.2, 0) is 0 Å². The molecular formula is C14H17ClN2S. The number of rotatable bonds is 2. The molecule has 4 heteroatoms. The van der Waals surface area contributed by atoms with Gasteiger partial charge in [0.15, 0.2) is 5.11 Å². The van der Waals surface area contributed by atoms with E-state index in [1.54, 1.807) is 0 Å². The van der Waals surface area contributed by atoms with E-state index in [9.17, 15) is 0 Å². The summed E-state index contributed by atoms with van der Waals surface area (Å²) in [7, 11) is 0. The fraction of sp³-hybridized carbons (Fsp3) is 0.500. The summed E-state index contributed by atoms with van der Waals surface area (Å²) < 4.78 is 0. The Morgan fingerprint density at radius 1 is 1.28 bits per heavy atom. The van der Waals surface area contributed by atoms with Crippen molar-refractivity contribution in [2.75, 3.05) is 5.32 Å². The lowest BCUT2D eigenvalue weighted by Crippen LogP contribution is -2.40. The van der Waals surface area contributed by atoms with E-state index in [-0.39, 0.29) is 0 Å². The van der Waals surface area contributed by atoms with Crippen LogP contribution in [0.2, 0.25) is 5.02 Å². The highest BCUT2D eigenvalue weighted by Crippen LogP contribution is 2.44. The average molecular weight is 281 g/mol. The molecule has 2 nitrogen and oxygen atoms in total. The molecule has 0 saturated heterocycles. The van der Waals surface area contributed by atoms with Crippen molar-refractivity contribution < 1.29 is 0 Å². The second-order valence-corrected chi connectivity index (χ2v) is 6.23. The first kappa shape index (κ1) is 12.2. The van der Waals surface area contributed by atoms with Crippen molar-refractivity contribution in [1.29, 1.82) is 0 Å². The first-order valence-corrected chi connectivity index (χ1v) is 7.32. The van der Waals surface area contributed by atoms with Gasteiger partial charge < -0.3 is 10.6 Å². The maximum Gasteiger partial charge on any atom is 0.171 e. The van der Waals surface area contributed by atoms with Gasteiger partial charge in [-0.1, -0.05) is 24.1 Å². The molecule has 2 aliphatic rings. The molecular weight excluding hydrogens is 264 g/mol. The van der Waals surface area contributed by atoms with Gasteiger partial charge in [0, 0.05) is 16.8 Å². The van der Waals surface area contributed by atoms with E-state index in [0.717, 1.165) is 27.7 Å². The van der Waals surface area contributed by atoms with E-state index >= 15 is 0 Å². The molecule has 2 bridgehead atoms. The van der Waals surface area contributed by atoms with Crippen molar-refractivity contribution in [2.45, 2.75) is 31.7 Å². The van der Waals surface area contributed by atoms with Gasteiger partial charge in [-0.05, 0) is 61.5 Å². The summed E-state index contributed by atoms with van der Waals surface area (Å²) in [5, 5.41) is 8.10. The molecule has 0 aliphatic heterocycles. The van der Waals surface area contributed by atoms with E-state index < -0.39 is 0 Å². The van der Waals surface area contributed by atoms with Crippen LogP contribution in [0.3, 0.4) is 0 Å². The zero-order chi connectivity index (χ0) is 12.5. The number of thiocarbonyl (C=S) groups is 1. The first-order chi connectivity index (χ1) is 8.70. The second-order valence-electron chi connectivity index (χ2n) is 5.39. The molecule has 0 spiro atoms. The van der Waals surface area contributed by atoms with Crippen molar-refractivity contribution in [2.24, 2.45) is 11.8 Å². The van der Waals surface area contributed by atoms with Crippen LogP contribution in [0.4, 0.5) is 5.69 Å². The Bertz CT molecular complexity index is 463. The van der Waals surface area contributed by atoms with Crippen molar-refractivity contribution >= 4 is 34.6 Å². The molecule has 96 valence electrons. The Labute approximate surface area is 118 Å². The highest BCUT2D eigenvalue weighted by atomic mass is 35.5. The highest BCUT2D eigenvalue weighted by molar-refractivity contribution is 7.80. The molecule has 0 heterocycles. The maximum absolute atomic E-state index is 5.95. The summed E-state index contributed by atoms with van der Waals surface area (Å²) in [4.78, 5) is 0. The lowest BCUT2D eigenvalue weighted by molar-refractivity contribution is 0.392. The molecule has 2 aliphatic carbocycles. The molecule has 2 fully saturated rings. The first-order valence-electron chi connectivity index (χ1n) is 6.54. The summed E-state index contributed by atoms with van der Waals surface area (Å²) >= 11 is 11.3. The molecule has 2 N–H and O–H groups in total. The summed E-state index contributed by atoms with van der Waals surface area (Å²) in [5.41, 5.74) is 0.947. The maximum atomic E-state index is 5.95. The molecule has 0 amide bonds. The molecule has 0 unspecified atom stereocenters. The summed E-state index contributed by atoms with van der Waals surface area (Å²) in [6.07, 6.45) is 5.44. The van der Waals surface area contributed by atoms with E-state index in [2.05, 4.69) is 10.6 Å². The second kappa shape index (κ2) is 5.06. The van der Waals surface area contributed by atoms with Crippen molar-refractivity contribution in [3.63, 3.8) is 0 Å². The van der Waals surface area contributed by atoms with E-state index in [0.29, 0.717) is 6.04 Å². The number of halogens is 1. The molecule has 0 aromatic heterocycles. The Hall–Kier alpha value is -0.800. The van der Waals surface area contributed by atoms with Crippen LogP contribution in [0.1, 0.15) is 25.7 Å². The minimum Gasteiger partial charge on any atom is -0.359 e. The molecule has 2 saturated carbocycles. The van der Waals surface area contributed by atoms with Gasteiger partial charge in [0.25, 0.3) is 0 Å². The van der Waals surface area contributed by atoms with Crippen LogP contribution < -0.4 is 10.6 Å². The van der Waals surface area contributed by atoms with Crippen LogP contribution in [-0.4, -0.2) is 11.2 Å². The Kier molecular flexibility index (Phi) is 3.44. The zero-order valence-corrected chi connectivity index (χ0v) is 11.7. The standard InChI is InChI=1S/C14H17ClN2S/c15-11-2-1-3-12(8-11)16-14(18)17-13-7-9-4-5-10(13)6-9/h1-3,8-10,13H,4-7H2,(H2,16,17,18)/t9-,10-,13+/m1/s1. The van der Waals surface area contributed by atoms with Crippen LogP contribution in [0.25, 0.3) is 0 Å². The van der Waals surface area contributed by atoms with Crippen LogP contribution in [0.15, 0.2) is 24.3 Å². The summed E-state index contributed by atoms with van der Waals surface area (Å²) in [6.45, 7) is 0. The molecule has 3 atom stereocenters. The van der Waals surface area contributed by atoms with Crippen LogP contribution >= 0.6 is 23.8 Å². The lowest BCUT2D eigenvalue weighted by Gasteiger charge is -2.24. The highest BCUT2D eigenvalue weighted by Gasteiger charge is 2.39. The molecule has 1 aromatic carbocycles. The monoisotopic (exact) mass is 280 g/mol. The van der Waals surface area contributed by atoms with Gasteiger partial charge in [-0.15, -0.1) is 0 Å². The van der Waals surface area contributed by atoms with Crippen LogP contribution in [0, 0.1) is 11.8 Å². The molecule has 3 rings (SSSR count). The summed E-state index contributed by atoms with van der Waals surface area (Å²) in [5.74, 6) is 1.76. The molecule has 18 heavy (non-hydrogen) atoms. The third-order valence-corrected chi connectivity index (χ3v) is 4.59. The topological polar surface area (TPSA) is 24.1 Å². The van der Waals surface area contributed by atoms with Gasteiger partial charge in [0.1, 0.15) is 0 Å². The number of hydrogen-bond acceptors (Lipinski definition) is 1. The van der Waals surface area contributed by atoms with Crippen molar-refractivity contribution in [3.05, 3.63) is 29.3 Å². The van der Waals surface area contributed by atoms with Gasteiger partial charge in [0.05, 0.1) is 0 Å². The normalized spacial score (nSPS) is 29.3. The predicted molar refractivity (Wildman–Crippen MR) is 80.0 cm³/mol. The van der Waals surface area contributed by atoms with Crippen molar-refractivity contribution in [3.8, 4) is 0 Å². The largest absolute Gasteiger partial charge is 0.359 e. The number of fused-ring (bicyclic) bond motifs is 2. The Morgan fingerprint density at radius 2 is 2.17 bits per heavy atom. The average Bonchev–Trinajstić information content (AvgIpc) is 2.90. The zero-order valence-electron chi connectivity index (χ0n) is 10.2. The third-order valence-electron chi connectivity index (χ3n) is 4.14. The number of nitrogens with one attached hydrogen (secondary N) is 2. The SMILES string of the molecule is S=C(Nc1cccc(Cl)c1)N[C@H]1C[C@@H]2CC[C@@H]1C2. The van der Waals surface area contributed by atoms with Gasteiger partial charge in [0.2, 0.25) is 0 Å². The Morgan fingerprint density at radius 3 is 2.83 bits per heavy atom. The number of anilines is 1. The van der Waals surface area contributed by atoms with E-state index in [1.807, 2.05) is 24.3 Å². The third kappa shape index (κ3) is 2.62. The fourth-order valence-electron chi connectivity index (χ4n) is 3.32. The molecule has 1 aromatic rings. The van der Waals surface area contributed by atoms with Gasteiger partial charge in [-0.2, -0.15) is 0 Å². The van der Waals surface area contributed by atoms with Crippen LogP contribution in [0.5, 0.6) is 0 Å². The Balaban J connectivity index is 1.56. The summed E-state index contributed by atoms with van der Waals surface area (Å²) in [6, 6.07) is 8.21. The minimum atomic E-state index is 0.572. The quantitative estimate of drug-likeness (QED) is 0.806. The minimum absolute atomic E-state index is 0.572. The van der Waals surface area contributed by atoms with Crippen molar-refractivity contribution in [1.82, 2.24) is 5.32 Å². The molecule has 0 radical (unpaired) electrons. The smallest absolute Gasteiger partial charge is 0.171 e. The van der Waals surface area contributed by atoms with Gasteiger partial charge in [-0.3, -0.25) is 0 Å².